The molecule has 2 bridgehead atoms. The molecule has 2 nitrogen and oxygen atoms in total. The Balaban J connectivity index is 1.84. The smallest absolute Gasteiger partial charge is 0.0425 e. The topological polar surface area (TPSA) is 15.3 Å². The molecule has 0 amide bonds. The lowest BCUT2D eigenvalue weighted by molar-refractivity contribution is 0.548. The van der Waals surface area contributed by atoms with Crippen LogP contribution in [0.2, 0.25) is 0 Å². The lowest BCUT2D eigenvalue weighted by Crippen LogP contribution is -2.33. The van der Waals surface area contributed by atoms with E-state index in [2.05, 4.69) is 58.2 Å². The summed E-state index contributed by atoms with van der Waals surface area (Å²) < 4.78 is 1.19. The summed E-state index contributed by atoms with van der Waals surface area (Å²) >= 11 is 3.63. The van der Waals surface area contributed by atoms with E-state index in [0.717, 1.165) is 18.5 Å². The third kappa shape index (κ3) is 2.82. The molecule has 1 aliphatic carbocycles. The molecule has 1 heterocycles. The molecule has 0 spiro atoms. The van der Waals surface area contributed by atoms with Crippen LogP contribution in [0.4, 0.5) is 5.69 Å². The molecule has 104 valence electrons. The Bertz CT molecular complexity index is 458. The van der Waals surface area contributed by atoms with Gasteiger partial charge in [-0.15, -0.1) is 0 Å². The van der Waals surface area contributed by atoms with Gasteiger partial charge in [0.05, 0.1) is 0 Å². The molecule has 0 aromatic heterocycles. The number of piperidine rings is 1. The second-order valence-corrected chi connectivity index (χ2v) is 7.21. The number of halogens is 1. The van der Waals surface area contributed by atoms with Crippen LogP contribution in [0.3, 0.4) is 0 Å². The first kappa shape index (κ1) is 13.4. The molecule has 1 saturated heterocycles. The Hall–Kier alpha value is -0.540. The molecular weight excluding hydrogens is 300 g/mol. The highest BCUT2D eigenvalue weighted by molar-refractivity contribution is 9.10. The third-order valence-corrected chi connectivity index (χ3v) is 4.96. The molecule has 3 heteroatoms. The molecule has 1 aromatic carbocycles. The van der Waals surface area contributed by atoms with E-state index in [1.165, 1.54) is 41.5 Å². The van der Waals surface area contributed by atoms with Gasteiger partial charge >= 0.3 is 0 Å². The standard InChI is InChI=1S/C16H23BrN2/c1-11(2)18-9-13-4-5-14(17)8-16(13)19-10-12-3-6-15(19)7-12/h4-5,8,11-12,15,18H,3,6-7,9-10H2,1-2H3. The van der Waals surface area contributed by atoms with E-state index in [1.54, 1.807) is 0 Å². The summed E-state index contributed by atoms with van der Waals surface area (Å²) in [5.74, 6) is 0.940. The maximum Gasteiger partial charge on any atom is 0.0425 e. The normalized spacial score (nSPS) is 25.6. The number of nitrogens with zero attached hydrogens (tertiary/aromatic N) is 1. The molecule has 0 radical (unpaired) electrons. The Morgan fingerprint density at radius 3 is 2.84 bits per heavy atom. The number of benzene rings is 1. The fourth-order valence-electron chi connectivity index (χ4n) is 3.49. The number of rotatable bonds is 4. The van der Waals surface area contributed by atoms with Crippen LogP contribution in [0, 0.1) is 5.92 Å². The van der Waals surface area contributed by atoms with Gasteiger partial charge < -0.3 is 10.2 Å². The Morgan fingerprint density at radius 1 is 1.37 bits per heavy atom. The van der Waals surface area contributed by atoms with E-state index in [4.69, 9.17) is 0 Å². The minimum Gasteiger partial charge on any atom is -0.368 e. The lowest BCUT2D eigenvalue weighted by Gasteiger charge is -2.31. The average molecular weight is 323 g/mol. The zero-order valence-electron chi connectivity index (χ0n) is 11.8. The van der Waals surface area contributed by atoms with Crippen LogP contribution < -0.4 is 10.2 Å². The number of hydrogen-bond acceptors (Lipinski definition) is 2. The predicted octanol–water partition coefficient (Wildman–Crippen LogP) is 3.94. The summed E-state index contributed by atoms with van der Waals surface area (Å²) in [6.07, 6.45) is 4.23. The summed E-state index contributed by atoms with van der Waals surface area (Å²) in [5.41, 5.74) is 2.87. The zero-order valence-corrected chi connectivity index (χ0v) is 13.4. The SMILES string of the molecule is CC(C)NCc1ccc(Br)cc1N1CC2CCC1C2. The first-order valence-electron chi connectivity index (χ1n) is 7.42. The fraction of sp³-hybridized carbons (Fsp3) is 0.625. The van der Waals surface area contributed by atoms with Gasteiger partial charge in [0, 0.05) is 35.3 Å². The van der Waals surface area contributed by atoms with Gasteiger partial charge in [0.2, 0.25) is 0 Å². The highest BCUT2D eigenvalue weighted by Crippen LogP contribution is 2.41. The van der Waals surface area contributed by atoms with Gasteiger partial charge in [-0.2, -0.15) is 0 Å². The van der Waals surface area contributed by atoms with Gasteiger partial charge in [-0.3, -0.25) is 0 Å². The first-order chi connectivity index (χ1) is 9.13. The van der Waals surface area contributed by atoms with Crippen LogP contribution in [0.1, 0.15) is 38.7 Å². The van der Waals surface area contributed by atoms with Crippen molar-refractivity contribution in [2.45, 2.75) is 51.7 Å². The summed E-state index contributed by atoms with van der Waals surface area (Å²) in [6, 6.07) is 8.05. The van der Waals surface area contributed by atoms with Crippen LogP contribution in [0.25, 0.3) is 0 Å². The van der Waals surface area contributed by atoms with E-state index in [0.29, 0.717) is 6.04 Å². The molecule has 2 unspecified atom stereocenters. The van der Waals surface area contributed by atoms with Crippen molar-refractivity contribution in [3.8, 4) is 0 Å². The van der Waals surface area contributed by atoms with Gasteiger partial charge in [-0.05, 0) is 42.9 Å². The van der Waals surface area contributed by atoms with Crippen LogP contribution in [0.5, 0.6) is 0 Å². The fourth-order valence-corrected chi connectivity index (χ4v) is 3.84. The van der Waals surface area contributed by atoms with Crippen molar-refractivity contribution in [1.82, 2.24) is 5.32 Å². The maximum absolute atomic E-state index is 3.63. The second kappa shape index (κ2) is 5.45. The van der Waals surface area contributed by atoms with E-state index in [1.807, 2.05) is 0 Å². The van der Waals surface area contributed by atoms with Gasteiger partial charge in [0.1, 0.15) is 0 Å². The Labute approximate surface area is 124 Å². The average Bonchev–Trinajstić information content (AvgIpc) is 2.99. The van der Waals surface area contributed by atoms with Crippen molar-refractivity contribution >= 4 is 21.6 Å². The predicted molar refractivity (Wildman–Crippen MR) is 84.6 cm³/mol. The molecule has 3 rings (SSSR count). The summed E-state index contributed by atoms with van der Waals surface area (Å²) in [4.78, 5) is 2.65. The molecule has 1 saturated carbocycles. The first-order valence-corrected chi connectivity index (χ1v) is 8.21. The summed E-state index contributed by atoms with van der Waals surface area (Å²) in [7, 11) is 0. The number of hydrogen-bond donors (Lipinski definition) is 1. The number of anilines is 1. The Morgan fingerprint density at radius 2 is 2.21 bits per heavy atom. The third-order valence-electron chi connectivity index (χ3n) is 4.47. The minimum atomic E-state index is 0.534. The molecule has 2 aliphatic rings. The largest absolute Gasteiger partial charge is 0.368 e. The van der Waals surface area contributed by atoms with Crippen molar-refractivity contribution in [3.63, 3.8) is 0 Å². The number of nitrogens with one attached hydrogen (secondary N) is 1. The monoisotopic (exact) mass is 322 g/mol. The van der Waals surface area contributed by atoms with E-state index in [-0.39, 0.29) is 0 Å². The summed E-state index contributed by atoms with van der Waals surface area (Å²) in [6.45, 7) is 6.64. The van der Waals surface area contributed by atoms with Gasteiger partial charge in [0.25, 0.3) is 0 Å². The lowest BCUT2D eigenvalue weighted by atomic mass is 10.1. The molecule has 19 heavy (non-hydrogen) atoms. The Kier molecular flexibility index (Phi) is 3.86. The van der Waals surface area contributed by atoms with Crippen molar-refractivity contribution in [2.24, 2.45) is 5.92 Å². The molecule has 1 N–H and O–H groups in total. The summed E-state index contributed by atoms with van der Waals surface area (Å²) in [5, 5.41) is 3.55. The van der Waals surface area contributed by atoms with E-state index in [9.17, 15) is 0 Å². The van der Waals surface area contributed by atoms with Crippen molar-refractivity contribution < 1.29 is 0 Å². The molecule has 2 atom stereocenters. The van der Waals surface area contributed by atoms with Gasteiger partial charge in [0.15, 0.2) is 0 Å². The van der Waals surface area contributed by atoms with Gasteiger partial charge in [-0.1, -0.05) is 35.8 Å². The van der Waals surface area contributed by atoms with Crippen molar-refractivity contribution in [2.75, 3.05) is 11.4 Å². The highest BCUT2D eigenvalue weighted by Gasteiger charge is 2.38. The van der Waals surface area contributed by atoms with E-state index >= 15 is 0 Å². The molecule has 2 fully saturated rings. The van der Waals surface area contributed by atoms with Crippen LogP contribution in [-0.4, -0.2) is 18.6 Å². The molecular formula is C16H23BrN2. The quantitative estimate of drug-likeness (QED) is 0.903. The zero-order chi connectivity index (χ0) is 13.4. The molecule has 1 aromatic rings. The molecule has 1 aliphatic heterocycles. The van der Waals surface area contributed by atoms with Crippen molar-refractivity contribution in [1.29, 1.82) is 0 Å². The van der Waals surface area contributed by atoms with Crippen LogP contribution in [-0.2, 0) is 6.54 Å². The second-order valence-electron chi connectivity index (χ2n) is 6.29. The minimum absolute atomic E-state index is 0.534. The van der Waals surface area contributed by atoms with E-state index < -0.39 is 0 Å². The number of fused-ring (bicyclic) bond motifs is 2. The maximum atomic E-state index is 3.63. The highest BCUT2D eigenvalue weighted by atomic mass is 79.9. The van der Waals surface area contributed by atoms with Crippen molar-refractivity contribution in [3.05, 3.63) is 28.2 Å². The van der Waals surface area contributed by atoms with Crippen LogP contribution in [0.15, 0.2) is 22.7 Å². The van der Waals surface area contributed by atoms with Crippen LogP contribution >= 0.6 is 15.9 Å². The van der Waals surface area contributed by atoms with Gasteiger partial charge in [-0.25, -0.2) is 0 Å².